The van der Waals surface area contributed by atoms with Crippen molar-refractivity contribution in [3.8, 4) is 0 Å². The van der Waals surface area contributed by atoms with Gasteiger partial charge in [-0.15, -0.1) is 0 Å². The van der Waals surface area contributed by atoms with Gasteiger partial charge in [-0.2, -0.15) is 0 Å². The normalized spacial score (nSPS) is 14.8. The largest absolute Gasteiger partial charge is 0.275 e. The quantitative estimate of drug-likeness (QED) is 0.582. The van der Waals surface area contributed by atoms with Gasteiger partial charge in [0.1, 0.15) is 9.98 Å². The average Bonchev–Trinajstić information content (AvgIpc) is 2.84. The van der Waals surface area contributed by atoms with Gasteiger partial charge in [0.25, 0.3) is 0 Å². The zero-order chi connectivity index (χ0) is 16.7. The van der Waals surface area contributed by atoms with E-state index < -0.39 is 0 Å². The van der Waals surface area contributed by atoms with Crippen LogP contribution in [-0.2, 0) is 0 Å². The Balaban J connectivity index is 1.86. The predicted molar refractivity (Wildman–Crippen MR) is 113 cm³/mol. The second kappa shape index (κ2) is 6.02. The molecule has 0 N–H and O–H groups in total. The number of anilines is 2. The van der Waals surface area contributed by atoms with E-state index in [0.717, 1.165) is 22.1 Å². The van der Waals surface area contributed by atoms with Gasteiger partial charge in [-0.1, -0.05) is 79.0 Å². The number of hydrogen-bond acceptors (Lipinski definition) is 3. The molecule has 2 nitrogen and oxygen atoms in total. The Morgan fingerprint density at radius 2 is 1.21 bits per heavy atom. The zero-order valence-electron chi connectivity index (χ0n) is 12.5. The molecule has 0 atom stereocenters. The van der Waals surface area contributed by atoms with E-state index in [1.54, 1.807) is 0 Å². The molecule has 116 valence electrons. The van der Waals surface area contributed by atoms with Crippen molar-refractivity contribution in [2.45, 2.75) is 0 Å². The second-order valence-electron chi connectivity index (χ2n) is 5.40. The fourth-order valence-electron chi connectivity index (χ4n) is 2.89. The molecule has 1 aliphatic heterocycles. The van der Waals surface area contributed by atoms with E-state index in [9.17, 15) is 0 Å². The van der Waals surface area contributed by atoms with Gasteiger partial charge < -0.3 is 0 Å². The summed E-state index contributed by atoms with van der Waals surface area (Å²) in [4.78, 5) is 4.88. The minimum atomic E-state index is 0.564. The van der Waals surface area contributed by atoms with Crippen molar-refractivity contribution in [3.05, 3.63) is 72.8 Å². The highest BCUT2D eigenvalue weighted by Crippen LogP contribution is 2.33. The summed E-state index contributed by atoms with van der Waals surface area (Å²) in [6.45, 7) is 0. The predicted octanol–water partition coefficient (Wildman–Crippen LogP) is 5.11. The summed E-state index contributed by atoms with van der Waals surface area (Å²) in [5.41, 5.74) is 1.89. The van der Waals surface area contributed by atoms with Crippen molar-refractivity contribution >= 4 is 73.9 Å². The first-order valence-corrected chi connectivity index (χ1v) is 8.66. The zero-order valence-corrected chi connectivity index (χ0v) is 15.0. The van der Waals surface area contributed by atoms with Crippen molar-refractivity contribution in [2.75, 3.05) is 9.80 Å². The van der Waals surface area contributed by atoms with Crippen molar-refractivity contribution in [1.29, 1.82) is 0 Å². The van der Waals surface area contributed by atoms with Gasteiger partial charge >= 0.3 is 0 Å². The Labute approximate surface area is 156 Å². The second-order valence-corrected chi connectivity index (χ2v) is 6.54. The number of rotatable bonds is 2. The lowest BCUT2D eigenvalue weighted by molar-refractivity contribution is 1.44. The van der Waals surface area contributed by atoms with Crippen LogP contribution in [0.4, 0.5) is 11.4 Å². The summed E-state index contributed by atoms with van der Waals surface area (Å²) in [6, 6.07) is 24.2. The molecule has 0 radical (unpaired) electrons. The Hall–Kier alpha value is -2.21. The lowest BCUT2D eigenvalue weighted by Crippen LogP contribution is -2.32. The smallest absolute Gasteiger partial charge is 0.191 e. The lowest BCUT2D eigenvalue weighted by Gasteiger charge is -2.21. The fourth-order valence-corrected chi connectivity index (χ4v) is 3.95. The van der Waals surface area contributed by atoms with Crippen LogP contribution in [0.25, 0.3) is 10.8 Å². The fraction of sp³-hybridized carbons (Fsp3) is 0. The van der Waals surface area contributed by atoms with E-state index in [-0.39, 0.29) is 0 Å². The molecule has 0 aromatic heterocycles. The van der Waals surface area contributed by atoms with Crippen molar-refractivity contribution < 1.29 is 0 Å². The number of thiocarbonyl (C=S) groups is 3. The number of hydrogen-bond donors (Lipinski definition) is 0. The highest BCUT2D eigenvalue weighted by Gasteiger charge is 2.37. The Morgan fingerprint density at radius 1 is 0.583 bits per heavy atom. The maximum absolute atomic E-state index is 5.72. The highest BCUT2D eigenvalue weighted by molar-refractivity contribution is 7.91. The Kier molecular flexibility index (Phi) is 3.84. The maximum atomic E-state index is 5.72. The van der Waals surface area contributed by atoms with Crippen LogP contribution in [0, 0.1) is 0 Å². The molecule has 0 bridgehead atoms. The Morgan fingerprint density at radius 3 is 2.00 bits per heavy atom. The molecule has 0 saturated carbocycles. The van der Waals surface area contributed by atoms with Gasteiger partial charge in [0.2, 0.25) is 0 Å². The van der Waals surface area contributed by atoms with Crippen LogP contribution in [0.5, 0.6) is 0 Å². The average molecular weight is 365 g/mol. The summed E-state index contributed by atoms with van der Waals surface area (Å²) in [6.07, 6.45) is 0. The molecule has 3 aromatic carbocycles. The summed E-state index contributed by atoms with van der Waals surface area (Å²) in [7, 11) is 0. The third kappa shape index (κ3) is 2.33. The number of nitrogens with zero attached hydrogens (tertiary/aromatic N) is 2. The molecular formula is C19H12N2S3. The van der Waals surface area contributed by atoms with Crippen LogP contribution in [0.3, 0.4) is 0 Å². The van der Waals surface area contributed by atoms with Gasteiger partial charge in [0.05, 0.1) is 5.69 Å². The van der Waals surface area contributed by atoms with E-state index in [1.807, 2.05) is 64.4 Å². The molecule has 0 unspecified atom stereocenters. The molecule has 24 heavy (non-hydrogen) atoms. The summed E-state index contributed by atoms with van der Waals surface area (Å²) in [5, 5.41) is 2.83. The minimum Gasteiger partial charge on any atom is -0.275 e. The number of para-hydroxylation sites is 1. The van der Waals surface area contributed by atoms with Crippen LogP contribution >= 0.6 is 36.7 Å². The van der Waals surface area contributed by atoms with E-state index >= 15 is 0 Å². The molecule has 1 heterocycles. The van der Waals surface area contributed by atoms with Crippen LogP contribution in [0.15, 0.2) is 72.8 Å². The van der Waals surface area contributed by atoms with E-state index in [1.165, 1.54) is 0 Å². The molecule has 1 aliphatic rings. The van der Waals surface area contributed by atoms with Crippen LogP contribution in [0.2, 0.25) is 0 Å². The number of benzene rings is 3. The van der Waals surface area contributed by atoms with E-state index in [0.29, 0.717) is 15.1 Å². The minimum absolute atomic E-state index is 0.564. The molecule has 0 amide bonds. The topological polar surface area (TPSA) is 6.48 Å². The molecule has 4 rings (SSSR count). The molecule has 1 fully saturated rings. The summed E-state index contributed by atoms with van der Waals surface area (Å²) in [5.74, 6) is 0. The SMILES string of the molecule is S=C1C(=S)N(c2cccc3ccccc23)C(=S)N1c1ccccc1. The summed E-state index contributed by atoms with van der Waals surface area (Å²) >= 11 is 16.9. The first-order valence-electron chi connectivity index (χ1n) is 7.44. The van der Waals surface area contributed by atoms with Crippen LogP contribution in [-0.4, -0.2) is 15.1 Å². The van der Waals surface area contributed by atoms with E-state index in [2.05, 4.69) is 18.2 Å². The first-order chi connectivity index (χ1) is 11.7. The van der Waals surface area contributed by atoms with Crippen molar-refractivity contribution in [3.63, 3.8) is 0 Å². The maximum Gasteiger partial charge on any atom is 0.191 e. The highest BCUT2D eigenvalue weighted by atomic mass is 32.1. The molecule has 3 aromatic rings. The van der Waals surface area contributed by atoms with E-state index in [4.69, 9.17) is 36.7 Å². The molecule has 0 spiro atoms. The lowest BCUT2D eigenvalue weighted by atomic mass is 10.1. The standard InChI is InChI=1S/C19H12N2S3/c22-17-18(23)21(19(24)20(17)14-9-2-1-3-10-14)16-12-6-8-13-7-4-5-11-15(13)16/h1-12H. The van der Waals surface area contributed by atoms with Gasteiger partial charge in [-0.25, -0.2) is 0 Å². The van der Waals surface area contributed by atoms with Gasteiger partial charge in [0, 0.05) is 11.1 Å². The Bertz CT molecular complexity index is 977. The van der Waals surface area contributed by atoms with Crippen LogP contribution < -0.4 is 9.80 Å². The van der Waals surface area contributed by atoms with Crippen molar-refractivity contribution in [1.82, 2.24) is 0 Å². The monoisotopic (exact) mass is 364 g/mol. The molecule has 5 heteroatoms. The molecule has 1 saturated heterocycles. The molecular weight excluding hydrogens is 352 g/mol. The molecule has 0 aliphatic carbocycles. The van der Waals surface area contributed by atoms with Gasteiger partial charge in [0.15, 0.2) is 5.11 Å². The van der Waals surface area contributed by atoms with Crippen molar-refractivity contribution in [2.24, 2.45) is 0 Å². The van der Waals surface area contributed by atoms with Gasteiger partial charge in [-0.05, 0) is 35.8 Å². The van der Waals surface area contributed by atoms with Crippen LogP contribution in [0.1, 0.15) is 0 Å². The number of fused-ring (bicyclic) bond motifs is 1. The third-order valence-electron chi connectivity index (χ3n) is 3.99. The summed E-state index contributed by atoms with van der Waals surface area (Å²) < 4.78 is 0. The van der Waals surface area contributed by atoms with Gasteiger partial charge in [-0.3, -0.25) is 9.80 Å². The first kappa shape index (κ1) is 15.3. The third-order valence-corrected chi connectivity index (χ3v) is 5.24.